The zero-order valence-corrected chi connectivity index (χ0v) is 14.3. The topological polar surface area (TPSA) is 44.8 Å². The smallest absolute Gasteiger partial charge is 0.321 e. The van der Waals surface area contributed by atoms with E-state index in [1.807, 2.05) is 30.0 Å². The number of hydrogen-bond donors (Lipinski definition) is 1. The van der Waals surface area contributed by atoms with Crippen LogP contribution in [0.3, 0.4) is 0 Å². The van der Waals surface area contributed by atoms with Gasteiger partial charge in [0, 0.05) is 32.7 Å². The van der Waals surface area contributed by atoms with E-state index in [0.717, 1.165) is 57.9 Å². The number of halogens is 1. The first-order valence-electron chi connectivity index (χ1n) is 8.24. The van der Waals surface area contributed by atoms with E-state index in [4.69, 9.17) is 16.3 Å². The van der Waals surface area contributed by atoms with E-state index in [9.17, 15) is 4.79 Å². The molecule has 0 saturated carbocycles. The first-order chi connectivity index (χ1) is 11.1. The summed E-state index contributed by atoms with van der Waals surface area (Å²) in [5.74, 6) is 0.548. The number of urea groups is 1. The van der Waals surface area contributed by atoms with Crippen molar-refractivity contribution in [1.82, 2.24) is 9.80 Å². The van der Waals surface area contributed by atoms with Crippen LogP contribution in [0.2, 0.25) is 5.02 Å². The minimum atomic E-state index is -0.0537. The highest BCUT2D eigenvalue weighted by molar-refractivity contribution is 6.34. The third-order valence-corrected chi connectivity index (χ3v) is 5.13. The standard InChI is InChI=1S/C17H24ClN3O2/c1-13-3-2-4-15(16(13)18)19-17(22)21-6-5-14(12-21)11-20-7-9-23-10-8-20/h2-4,14H,5-12H2,1H3,(H,19,22)/t14-/m1/s1. The monoisotopic (exact) mass is 337 g/mol. The number of aryl methyl sites for hydroxylation is 1. The van der Waals surface area contributed by atoms with Crippen molar-refractivity contribution in [3.63, 3.8) is 0 Å². The van der Waals surface area contributed by atoms with E-state index in [1.165, 1.54) is 0 Å². The molecule has 2 aliphatic rings. The number of nitrogens with zero attached hydrogens (tertiary/aromatic N) is 2. The molecule has 3 rings (SSSR count). The Morgan fingerprint density at radius 2 is 2.13 bits per heavy atom. The highest BCUT2D eigenvalue weighted by atomic mass is 35.5. The summed E-state index contributed by atoms with van der Waals surface area (Å²) in [6, 6.07) is 5.63. The van der Waals surface area contributed by atoms with E-state index in [-0.39, 0.29) is 6.03 Å². The summed E-state index contributed by atoms with van der Waals surface area (Å²) in [5, 5.41) is 3.55. The van der Waals surface area contributed by atoms with Gasteiger partial charge in [0.25, 0.3) is 0 Å². The van der Waals surface area contributed by atoms with Gasteiger partial charge in [-0.3, -0.25) is 4.90 Å². The number of hydrogen-bond acceptors (Lipinski definition) is 3. The Balaban J connectivity index is 1.52. The van der Waals surface area contributed by atoms with Crippen LogP contribution >= 0.6 is 11.6 Å². The summed E-state index contributed by atoms with van der Waals surface area (Å²) < 4.78 is 5.38. The van der Waals surface area contributed by atoms with Gasteiger partial charge in [0.05, 0.1) is 23.9 Å². The molecule has 1 N–H and O–H groups in total. The quantitative estimate of drug-likeness (QED) is 0.922. The van der Waals surface area contributed by atoms with Gasteiger partial charge in [0.15, 0.2) is 0 Å². The molecule has 0 radical (unpaired) electrons. The molecule has 2 amide bonds. The minimum absolute atomic E-state index is 0.0537. The summed E-state index contributed by atoms with van der Waals surface area (Å²) in [7, 11) is 0. The van der Waals surface area contributed by atoms with Gasteiger partial charge in [0.2, 0.25) is 0 Å². The van der Waals surface area contributed by atoms with Crippen LogP contribution in [0.4, 0.5) is 10.5 Å². The van der Waals surface area contributed by atoms with Crippen molar-refractivity contribution in [2.24, 2.45) is 5.92 Å². The third-order valence-electron chi connectivity index (χ3n) is 4.63. The number of amides is 2. The van der Waals surface area contributed by atoms with E-state index >= 15 is 0 Å². The van der Waals surface area contributed by atoms with Crippen LogP contribution in [-0.4, -0.2) is 61.8 Å². The lowest BCUT2D eigenvalue weighted by atomic mass is 10.1. The Morgan fingerprint density at radius 3 is 2.91 bits per heavy atom. The highest BCUT2D eigenvalue weighted by Crippen LogP contribution is 2.26. The molecular formula is C17H24ClN3O2. The van der Waals surface area contributed by atoms with Gasteiger partial charge in [-0.05, 0) is 30.9 Å². The number of ether oxygens (including phenoxy) is 1. The van der Waals surface area contributed by atoms with Crippen LogP contribution < -0.4 is 5.32 Å². The molecule has 1 atom stereocenters. The summed E-state index contributed by atoms with van der Waals surface area (Å²) in [5.41, 5.74) is 1.66. The molecule has 126 valence electrons. The van der Waals surface area contributed by atoms with Gasteiger partial charge < -0.3 is 15.0 Å². The molecule has 2 saturated heterocycles. The molecule has 2 aliphatic heterocycles. The predicted molar refractivity (Wildman–Crippen MR) is 92.1 cm³/mol. The molecule has 0 unspecified atom stereocenters. The Hall–Kier alpha value is -1.30. The lowest BCUT2D eigenvalue weighted by Crippen LogP contribution is -2.40. The zero-order chi connectivity index (χ0) is 16.2. The second kappa shape index (κ2) is 7.51. The van der Waals surface area contributed by atoms with E-state index < -0.39 is 0 Å². The second-order valence-electron chi connectivity index (χ2n) is 6.38. The number of benzene rings is 1. The van der Waals surface area contributed by atoms with Crippen molar-refractivity contribution in [2.45, 2.75) is 13.3 Å². The van der Waals surface area contributed by atoms with Crippen molar-refractivity contribution in [3.05, 3.63) is 28.8 Å². The minimum Gasteiger partial charge on any atom is -0.379 e. The Bertz CT molecular complexity index is 561. The van der Waals surface area contributed by atoms with Gasteiger partial charge in [-0.25, -0.2) is 4.79 Å². The fourth-order valence-corrected chi connectivity index (χ4v) is 3.43. The molecule has 2 heterocycles. The molecule has 1 aromatic carbocycles. The Morgan fingerprint density at radius 1 is 1.35 bits per heavy atom. The molecule has 1 aromatic rings. The van der Waals surface area contributed by atoms with Crippen molar-refractivity contribution < 1.29 is 9.53 Å². The summed E-state index contributed by atoms with van der Waals surface area (Å²) in [4.78, 5) is 16.8. The number of nitrogens with one attached hydrogen (secondary N) is 1. The maximum Gasteiger partial charge on any atom is 0.321 e. The summed E-state index contributed by atoms with van der Waals surface area (Å²) in [6.07, 6.45) is 1.06. The Labute approximate surface area is 142 Å². The van der Waals surface area contributed by atoms with E-state index in [1.54, 1.807) is 0 Å². The maximum absolute atomic E-state index is 12.4. The Kier molecular flexibility index (Phi) is 5.41. The van der Waals surface area contributed by atoms with Crippen molar-refractivity contribution >= 4 is 23.3 Å². The van der Waals surface area contributed by atoms with Gasteiger partial charge in [-0.2, -0.15) is 0 Å². The molecule has 6 heteroatoms. The molecule has 0 bridgehead atoms. The normalized spacial score (nSPS) is 22.3. The van der Waals surface area contributed by atoms with Crippen molar-refractivity contribution in [2.75, 3.05) is 51.3 Å². The second-order valence-corrected chi connectivity index (χ2v) is 6.76. The lowest BCUT2D eigenvalue weighted by molar-refractivity contribution is 0.0314. The van der Waals surface area contributed by atoms with E-state index in [0.29, 0.717) is 16.6 Å². The molecule has 23 heavy (non-hydrogen) atoms. The first-order valence-corrected chi connectivity index (χ1v) is 8.62. The van der Waals surface area contributed by atoms with Gasteiger partial charge in [0.1, 0.15) is 0 Å². The lowest BCUT2D eigenvalue weighted by Gasteiger charge is -2.29. The van der Waals surface area contributed by atoms with Crippen LogP contribution in [0.5, 0.6) is 0 Å². The molecule has 0 spiro atoms. The number of carbonyl (C=O) groups is 1. The van der Waals surface area contributed by atoms with Gasteiger partial charge in [-0.1, -0.05) is 23.7 Å². The van der Waals surface area contributed by atoms with Crippen LogP contribution in [-0.2, 0) is 4.74 Å². The molecule has 2 fully saturated rings. The van der Waals surface area contributed by atoms with Crippen molar-refractivity contribution in [1.29, 1.82) is 0 Å². The third kappa shape index (κ3) is 4.16. The van der Waals surface area contributed by atoms with Crippen LogP contribution in [0.15, 0.2) is 18.2 Å². The van der Waals surface area contributed by atoms with Crippen LogP contribution in [0.1, 0.15) is 12.0 Å². The zero-order valence-electron chi connectivity index (χ0n) is 13.6. The van der Waals surface area contributed by atoms with E-state index in [2.05, 4.69) is 10.2 Å². The summed E-state index contributed by atoms with van der Waals surface area (Å²) in [6.45, 7) is 8.26. The number of likely N-dealkylation sites (tertiary alicyclic amines) is 1. The predicted octanol–water partition coefficient (Wildman–Crippen LogP) is 2.83. The molecule has 0 aromatic heterocycles. The SMILES string of the molecule is Cc1cccc(NC(=O)N2CC[C@H](CN3CCOCC3)C2)c1Cl. The number of anilines is 1. The number of carbonyl (C=O) groups excluding carboxylic acids is 1. The largest absolute Gasteiger partial charge is 0.379 e. The van der Waals surface area contributed by atoms with Crippen LogP contribution in [0.25, 0.3) is 0 Å². The average molecular weight is 338 g/mol. The number of morpholine rings is 1. The maximum atomic E-state index is 12.4. The fourth-order valence-electron chi connectivity index (χ4n) is 3.25. The number of rotatable bonds is 3. The average Bonchev–Trinajstić information content (AvgIpc) is 3.01. The first kappa shape index (κ1) is 16.6. The molecule has 0 aliphatic carbocycles. The van der Waals surface area contributed by atoms with Gasteiger partial charge >= 0.3 is 6.03 Å². The highest BCUT2D eigenvalue weighted by Gasteiger charge is 2.28. The fraction of sp³-hybridized carbons (Fsp3) is 0.588. The molecule has 5 nitrogen and oxygen atoms in total. The van der Waals surface area contributed by atoms with Gasteiger partial charge in [-0.15, -0.1) is 0 Å². The summed E-state index contributed by atoms with van der Waals surface area (Å²) >= 11 is 6.25. The molecular weight excluding hydrogens is 314 g/mol. The van der Waals surface area contributed by atoms with Crippen LogP contribution in [0, 0.1) is 12.8 Å². The van der Waals surface area contributed by atoms with Crippen molar-refractivity contribution in [3.8, 4) is 0 Å².